The topological polar surface area (TPSA) is 47.2 Å². The fourth-order valence-corrected chi connectivity index (χ4v) is 3.07. The van der Waals surface area contributed by atoms with Gasteiger partial charge >= 0.3 is 0 Å². The molecule has 0 atom stereocenters. The fraction of sp³-hybridized carbons (Fsp3) is 0.316. The maximum absolute atomic E-state index is 12.7. The van der Waals surface area contributed by atoms with E-state index < -0.39 is 0 Å². The van der Waals surface area contributed by atoms with Crippen molar-refractivity contribution in [1.29, 1.82) is 0 Å². The Morgan fingerprint density at radius 2 is 2.09 bits per heavy atom. The van der Waals surface area contributed by atoms with Crippen molar-refractivity contribution in [3.8, 4) is 0 Å². The summed E-state index contributed by atoms with van der Waals surface area (Å²) in [5.74, 6) is 0.693. The summed E-state index contributed by atoms with van der Waals surface area (Å²) in [5, 5.41) is 4.11. The molecule has 2 aromatic heterocycles. The number of nitrogens with zero attached hydrogens (tertiary/aromatic N) is 1. The molecule has 0 unspecified atom stereocenters. The zero-order chi connectivity index (χ0) is 16.4. The van der Waals surface area contributed by atoms with Gasteiger partial charge < -0.3 is 14.3 Å². The van der Waals surface area contributed by atoms with Crippen LogP contribution in [0.5, 0.6) is 0 Å². The summed E-state index contributed by atoms with van der Waals surface area (Å²) in [6.45, 7) is 7.39. The molecule has 2 heterocycles. The Kier molecular flexibility index (Phi) is 4.24. The smallest absolute Gasteiger partial charge is 0.268 e. The maximum atomic E-state index is 12.7. The first-order valence-electron chi connectivity index (χ1n) is 8.08. The first-order chi connectivity index (χ1) is 11.2. The van der Waals surface area contributed by atoms with E-state index in [0.29, 0.717) is 6.54 Å². The van der Waals surface area contributed by atoms with Crippen LogP contribution in [0.3, 0.4) is 0 Å². The molecule has 1 aromatic carbocycles. The van der Waals surface area contributed by atoms with Crippen LogP contribution < -0.4 is 5.32 Å². The van der Waals surface area contributed by atoms with Gasteiger partial charge in [0.2, 0.25) is 0 Å². The van der Waals surface area contributed by atoms with Crippen molar-refractivity contribution in [2.45, 2.75) is 40.3 Å². The Balaban J connectivity index is 1.98. The second-order valence-electron chi connectivity index (χ2n) is 5.68. The van der Waals surface area contributed by atoms with Crippen molar-refractivity contribution in [2.75, 3.05) is 0 Å². The first kappa shape index (κ1) is 15.4. The normalized spacial score (nSPS) is 11.1. The SMILES string of the molecule is CCc1ccc2c(c1)c(C)c(C(=O)NCc1ccco1)n2CC. The van der Waals surface area contributed by atoms with E-state index >= 15 is 0 Å². The minimum Gasteiger partial charge on any atom is -0.467 e. The summed E-state index contributed by atoms with van der Waals surface area (Å²) in [7, 11) is 0. The van der Waals surface area contributed by atoms with Gasteiger partial charge in [-0.15, -0.1) is 0 Å². The number of fused-ring (bicyclic) bond motifs is 1. The molecule has 0 spiro atoms. The summed E-state index contributed by atoms with van der Waals surface area (Å²) >= 11 is 0. The number of hydrogen-bond acceptors (Lipinski definition) is 2. The molecule has 3 aromatic rings. The number of aryl methyl sites for hydroxylation is 3. The van der Waals surface area contributed by atoms with Crippen molar-refractivity contribution >= 4 is 16.8 Å². The summed E-state index contributed by atoms with van der Waals surface area (Å²) in [5.41, 5.74) is 4.18. The van der Waals surface area contributed by atoms with Gasteiger partial charge in [-0.2, -0.15) is 0 Å². The molecule has 1 amide bonds. The average molecular weight is 310 g/mol. The number of hydrogen-bond donors (Lipinski definition) is 1. The van der Waals surface area contributed by atoms with E-state index in [9.17, 15) is 4.79 Å². The Labute approximate surface area is 136 Å². The van der Waals surface area contributed by atoms with Gasteiger partial charge in [-0.3, -0.25) is 4.79 Å². The molecule has 0 saturated carbocycles. The van der Waals surface area contributed by atoms with E-state index in [0.717, 1.165) is 40.9 Å². The predicted octanol–water partition coefficient (Wildman–Crippen LogP) is 4.06. The van der Waals surface area contributed by atoms with Gasteiger partial charge in [-0.25, -0.2) is 0 Å². The van der Waals surface area contributed by atoms with Gasteiger partial charge in [0.1, 0.15) is 11.5 Å². The van der Waals surface area contributed by atoms with Crippen molar-refractivity contribution in [3.63, 3.8) is 0 Å². The molecule has 4 nitrogen and oxygen atoms in total. The number of carbonyl (C=O) groups excluding carboxylic acids is 1. The first-order valence-corrected chi connectivity index (χ1v) is 8.08. The van der Waals surface area contributed by atoms with Crippen LogP contribution in [-0.4, -0.2) is 10.5 Å². The van der Waals surface area contributed by atoms with Gasteiger partial charge in [0.15, 0.2) is 0 Å². The lowest BCUT2D eigenvalue weighted by molar-refractivity contribution is 0.0938. The fourth-order valence-electron chi connectivity index (χ4n) is 3.07. The number of carbonyl (C=O) groups is 1. The van der Waals surface area contributed by atoms with Gasteiger partial charge in [0, 0.05) is 17.4 Å². The highest BCUT2D eigenvalue weighted by atomic mass is 16.3. The Morgan fingerprint density at radius 1 is 1.26 bits per heavy atom. The highest BCUT2D eigenvalue weighted by Crippen LogP contribution is 2.27. The molecule has 0 saturated heterocycles. The van der Waals surface area contributed by atoms with Crippen molar-refractivity contribution in [2.24, 2.45) is 0 Å². The van der Waals surface area contributed by atoms with Gasteiger partial charge in [-0.1, -0.05) is 13.0 Å². The van der Waals surface area contributed by atoms with Crippen molar-refractivity contribution in [3.05, 3.63) is 59.2 Å². The molecule has 1 N–H and O–H groups in total. The quantitative estimate of drug-likeness (QED) is 0.772. The lowest BCUT2D eigenvalue weighted by Gasteiger charge is -2.09. The second kappa shape index (κ2) is 6.32. The number of aromatic nitrogens is 1. The Bertz CT molecular complexity index is 829. The van der Waals surface area contributed by atoms with E-state index in [2.05, 4.69) is 41.9 Å². The van der Waals surface area contributed by atoms with Gasteiger partial charge in [0.05, 0.1) is 12.8 Å². The number of furan rings is 1. The third-order valence-electron chi connectivity index (χ3n) is 4.32. The highest BCUT2D eigenvalue weighted by Gasteiger charge is 2.19. The standard InChI is InChI=1S/C19H22N2O2/c1-4-14-8-9-17-16(11-14)13(3)18(21(17)5-2)19(22)20-12-15-7-6-10-23-15/h6-11H,4-5,12H2,1-3H3,(H,20,22). The van der Waals surface area contributed by atoms with Crippen LogP contribution in [0.15, 0.2) is 41.0 Å². The number of benzene rings is 1. The maximum Gasteiger partial charge on any atom is 0.268 e. The van der Waals surface area contributed by atoms with Crippen LogP contribution >= 0.6 is 0 Å². The van der Waals surface area contributed by atoms with Gasteiger partial charge in [-0.05, 0) is 55.7 Å². The highest BCUT2D eigenvalue weighted by molar-refractivity contribution is 6.01. The van der Waals surface area contributed by atoms with Crippen LogP contribution in [0.25, 0.3) is 10.9 Å². The van der Waals surface area contributed by atoms with E-state index in [1.54, 1.807) is 6.26 Å². The van der Waals surface area contributed by atoms with E-state index in [4.69, 9.17) is 4.42 Å². The molecular formula is C19H22N2O2. The zero-order valence-corrected chi connectivity index (χ0v) is 13.8. The second-order valence-corrected chi connectivity index (χ2v) is 5.68. The van der Waals surface area contributed by atoms with E-state index in [-0.39, 0.29) is 5.91 Å². The van der Waals surface area contributed by atoms with Crippen LogP contribution in [0.2, 0.25) is 0 Å². The Hall–Kier alpha value is -2.49. The minimum atomic E-state index is -0.0602. The van der Waals surface area contributed by atoms with Crippen LogP contribution in [0.1, 0.15) is 41.2 Å². The van der Waals surface area contributed by atoms with Crippen LogP contribution in [0, 0.1) is 6.92 Å². The number of amides is 1. The van der Waals surface area contributed by atoms with Gasteiger partial charge in [0.25, 0.3) is 5.91 Å². The van der Waals surface area contributed by atoms with E-state index in [1.165, 1.54) is 5.56 Å². The molecular weight excluding hydrogens is 288 g/mol. The monoisotopic (exact) mass is 310 g/mol. The lowest BCUT2D eigenvalue weighted by Crippen LogP contribution is -2.26. The summed E-state index contributed by atoms with van der Waals surface area (Å²) in [6, 6.07) is 10.1. The predicted molar refractivity (Wildman–Crippen MR) is 91.6 cm³/mol. The zero-order valence-electron chi connectivity index (χ0n) is 13.8. The molecule has 3 rings (SSSR count). The molecule has 0 bridgehead atoms. The molecule has 120 valence electrons. The Morgan fingerprint density at radius 3 is 2.74 bits per heavy atom. The van der Waals surface area contributed by atoms with Crippen LogP contribution in [-0.2, 0) is 19.5 Å². The third-order valence-corrected chi connectivity index (χ3v) is 4.32. The molecule has 0 radical (unpaired) electrons. The molecule has 23 heavy (non-hydrogen) atoms. The van der Waals surface area contributed by atoms with Crippen molar-refractivity contribution in [1.82, 2.24) is 9.88 Å². The molecule has 0 aliphatic rings. The number of rotatable bonds is 5. The number of nitrogens with one attached hydrogen (secondary N) is 1. The summed E-state index contributed by atoms with van der Waals surface area (Å²) in [6.07, 6.45) is 2.61. The third kappa shape index (κ3) is 2.77. The molecule has 0 fully saturated rings. The minimum absolute atomic E-state index is 0.0602. The van der Waals surface area contributed by atoms with E-state index in [1.807, 2.05) is 19.1 Å². The average Bonchev–Trinajstić information content (AvgIpc) is 3.18. The largest absolute Gasteiger partial charge is 0.467 e. The molecule has 0 aliphatic heterocycles. The molecule has 4 heteroatoms. The van der Waals surface area contributed by atoms with Crippen molar-refractivity contribution < 1.29 is 9.21 Å². The van der Waals surface area contributed by atoms with Crippen LogP contribution in [0.4, 0.5) is 0 Å². The summed E-state index contributed by atoms with van der Waals surface area (Å²) < 4.78 is 7.36. The summed E-state index contributed by atoms with van der Waals surface area (Å²) in [4.78, 5) is 12.7. The lowest BCUT2D eigenvalue weighted by atomic mass is 10.1. The molecule has 0 aliphatic carbocycles.